The lowest BCUT2D eigenvalue weighted by Gasteiger charge is -2.12. The van der Waals surface area contributed by atoms with Gasteiger partial charge in [-0.05, 0) is 64.7 Å². The van der Waals surface area contributed by atoms with Crippen LogP contribution >= 0.6 is 0 Å². The molecule has 2 N–H and O–H groups in total. The smallest absolute Gasteiger partial charge is 0.305 e. The first kappa shape index (κ1) is 43.8. The Morgan fingerprint density at radius 1 is 0.522 bits per heavy atom. The molecule has 0 spiro atoms. The average molecular weight is 647 g/mol. The zero-order chi connectivity index (χ0) is 33.8. The van der Waals surface area contributed by atoms with Gasteiger partial charge in [-0.3, -0.25) is 9.59 Å². The van der Waals surface area contributed by atoms with E-state index in [0.29, 0.717) is 19.3 Å². The number of carbonyl (C=O) groups excluding carboxylic acids is 2. The van der Waals surface area contributed by atoms with Crippen molar-refractivity contribution in [2.75, 3.05) is 13.2 Å². The third-order valence-corrected chi connectivity index (χ3v) is 7.84. The SMILES string of the molecule is CCCCCCCCCCCCCCCCC(=O)OC[C@H](O)COC(=O)CCC/C=C\C/C=C\C/C=C\C/C=C\CCC[C@@H](C)O. The Labute approximate surface area is 282 Å². The van der Waals surface area contributed by atoms with Crippen molar-refractivity contribution in [1.82, 2.24) is 0 Å². The molecule has 0 rings (SSSR count). The summed E-state index contributed by atoms with van der Waals surface area (Å²) in [6.45, 7) is 3.80. The maximum atomic E-state index is 11.9. The van der Waals surface area contributed by atoms with Gasteiger partial charge in [0.15, 0.2) is 0 Å². The number of carbonyl (C=O) groups is 2. The van der Waals surface area contributed by atoms with Crippen molar-refractivity contribution in [2.45, 2.75) is 180 Å². The number of allylic oxidation sites excluding steroid dienone is 8. The second kappa shape index (κ2) is 35.7. The largest absolute Gasteiger partial charge is 0.463 e. The molecule has 6 heteroatoms. The first-order chi connectivity index (χ1) is 22.5. The van der Waals surface area contributed by atoms with E-state index in [0.717, 1.165) is 64.2 Å². The van der Waals surface area contributed by atoms with Crippen LogP contribution < -0.4 is 0 Å². The van der Waals surface area contributed by atoms with Gasteiger partial charge in [-0.25, -0.2) is 0 Å². The fourth-order valence-corrected chi connectivity index (χ4v) is 4.98. The molecule has 2 atom stereocenters. The minimum atomic E-state index is -0.992. The lowest BCUT2D eigenvalue weighted by molar-refractivity contribution is -0.152. The van der Waals surface area contributed by atoms with Crippen LogP contribution in [0.4, 0.5) is 0 Å². The molecular formula is C40H70O6. The second-order valence-electron chi connectivity index (χ2n) is 12.6. The summed E-state index contributed by atoms with van der Waals surface area (Å²) in [6.07, 6.45) is 41.5. The van der Waals surface area contributed by atoms with Crippen LogP contribution in [-0.2, 0) is 19.1 Å². The third-order valence-electron chi connectivity index (χ3n) is 7.84. The number of unbranched alkanes of at least 4 members (excludes halogenated alkanes) is 15. The van der Waals surface area contributed by atoms with Crippen molar-refractivity contribution < 1.29 is 29.3 Å². The van der Waals surface area contributed by atoms with E-state index in [-0.39, 0.29) is 31.3 Å². The van der Waals surface area contributed by atoms with Crippen LogP contribution in [0.2, 0.25) is 0 Å². The van der Waals surface area contributed by atoms with E-state index in [9.17, 15) is 19.8 Å². The van der Waals surface area contributed by atoms with E-state index in [1.807, 2.05) is 6.92 Å². The van der Waals surface area contributed by atoms with Crippen LogP contribution in [0.3, 0.4) is 0 Å². The van der Waals surface area contributed by atoms with Gasteiger partial charge in [0.1, 0.15) is 19.3 Å². The summed E-state index contributed by atoms with van der Waals surface area (Å²) >= 11 is 0. The molecule has 0 unspecified atom stereocenters. The van der Waals surface area contributed by atoms with E-state index in [1.54, 1.807) is 0 Å². The Morgan fingerprint density at radius 3 is 1.33 bits per heavy atom. The van der Waals surface area contributed by atoms with Crippen molar-refractivity contribution >= 4 is 11.9 Å². The number of rotatable bonds is 33. The average Bonchev–Trinajstić information content (AvgIpc) is 3.04. The predicted octanol–water partition coefficient (Wildman–Crippen LogP) is 10.4. The molecule has 266 valence electrons. The molecule has 0 fully saturated rings. The molecule has 0 heterocycles. The Balaban J connectivity index is 3.55. The maximum absolute atomic E-state index is 11.9. The normalized spacial score (nSPS) is 13.4. The fraction of sp³-hybridized carbons (Fsp3) is 0.750. The number of ether oxygens (including phenoxy) is 2. The fourth-order valence-electron chi connectivity index (χ4n) is 4.98. The number of esters is 2. The molecule has 0 aliphatic heterocycles. The maximum Gasteiger partial charge on any atom is 0.305 e. The molecule has 0 aromatic heterocycles. The van der Waals surface area contributed by atoms with Crippen molar-refractivity contribution in [1.29, 1.82) is 0 Å². The van der Waals surface area contributed by atoms with Gasteiger partial charge in [-0.15, -0.1) is 0 Å². The van der Waals surface area contributed by atoms with Crippen LogP contribution in [0.5, 0.6) is 0 Å². The second-order valence-corrected chi connectivity index (χ2v) is 12.6. The Hall–Kier alpha value is -2.18. The molecule has 46 heavy (non-hydrogen) atoms. The molecule has 0 radical (unpaired) electrons. The third kappa shape index (κ3) is 36.3. The zero-order valence-electron chi connectivity index (χ0n) is 29.7. The zero-order valence-corrected chi connectivity index (χ0v) is 29.7. The summed E-state index contributed by atoms with van der Waals surface area (Å²) in [5, 5.41) is 19.2. The Bertz CT molecular complexity index is 798. The minimum Gasteiger partial charge on any atom is -0.463 e. The summed E-state index contributed by atoms with van der Waals surface area (Å²) in [4.78, 5) is 23.9. The highest BCUT2D eigenvalue weighted by Crippen LogP contribution is 2.13. The van der Waals surface area contributed by atoms with E-state index in [2.05, 4.69) is 55.5 Å². The monoisotopic (exact) mass is 647 g/mol. The Kier molecular flexibility index (Phi) is 34.0. The van der Waals surface area contributed by atoms with Crippen molar-refractivity contribution in [3.8, 4) is 0 Å². The molecule has 0 amide bonds. The van der Waals surface area contributed by atoms with Gasteiger partial charge in [0, 0.05) is 12.8 Å². The van der Waals surface area contributed by atoms with E-state index >= 15 is 0 Å². The summed E-state index contributed by atoms with van der Waals surface area (Å²) in [5.74, 6) is -0.644. The molecule has 0 aliphatic carbocycles. The number of aliphatic hydroxyl groups excluding tert-OH is 2. The van der Waals surface area contributed by atoms with Gasteiger partial charge in [0.05, 0.1) is 6.10 Å². The van der Waals surface area contributed by atoms with Crippen molar-refractivity contribution in [3.05, 3.63) is 48.6 Å². The van der Waals surface area contributed by atoms with E-state index in [4.69, 9.17) is 9.47 Å². The van der Waals surface area contributed by atoms with Gasteiger partial charge in [0.25, 0.3) is 0 Å². The van der Waals surface area contributed by atoms with Crippen molar-refractivity contribution in [2.24, 2.45) is 0 Å². The highest BCUT2D eigenvalue weighted by molar-refractivity contribution is 5.69. The summed E-state index contributed by atoms with van der Waals surface area (Å²) in [5.41, 5.74) is 0. The van der Waals surface area contributed by atoms with Crippen LogP contribution in [0.1, 0.15) is 168 Å². The number of aliphatic hydroxyl groups is 2. The molecule has 0 saturated heterocycles. The number of hydrogen-bond acceptors (Lipinski definition) is 6. The van der Waals surface area contributed by atoms with E-state index < -0.39 is 6.10 Å². The Morgan fingerprint density at radius 2 is 0.891 bits per heavy atom. The van der Waals surface area contributed by atoms with Gasteiger partial charge < -0.3 is 19.7 Å². The molecule has 0 bridgehead atoms. The van der Waals surface area contributed by atoms with Crippen molar-refractivity contribution in [3.63, 3.8) is 0 Å². The highest BCUT2D eigenvalue weighted by Gasteiger charge is 2.12. The van der Waals surface area contributed by atoms with Crippen LogP contribution in [0.15, 0.2) is 48.6 Å². The lowest BCUT2D eigenvalue weighted by Crippen LogP contribution is -2.25. The number of hydrogen-bond donors (Lipinski definition) is 2. The molecule has 6 nitrogen and oxygen atoms in total. The van der Waals surface area contributed by atoms with Gasteiger partial charge >= 0.3 is 11.9 Å². The highest BCUT2D eigenvalue weighted by atomic mass is 16.6. The standard InChI is InChI=1S/C40H70O6/c1-3-4-5-6-7-8-9-10-15-18-21-24-27-30-33-39(43)45-35-38(42)36-46-40(44)34-31-28-25-22-19-16-13-11-12-14-17-20-23-26-29-32-37(2)41/h12-14,16,20,22-23,25,37-38,41-42H,3-11,15,17-19,21,24,26-36H2,1-2H3/b14-12-,16-13-,23-20-,25-22-/t37-,38+/m1/s1. The van der Waals surface area contributed by atoms with Gasteiger partial charge in [-0.2, -0.15) is 0 Å². The molecule has 0 saturated carbocycles. The first-order valence-electron chi connectivity index (χ1n) is 18.7. The summed E-state index contributed by atoms with van der Waals surface area (Å²) < 4.78 is 10.3. The molecular weight excluding hydrogens is 576 g/mol. The predicted molar refractivity (Wildman–Crippen MR) is 193 cm³/mol. The van der Waals surface area contributed by atoms with Crippen LogP contribution in [-0.4, -0.2) is 47.6 Å². The van der Waals surface area contributed by atoms with Crippen LogP contribution in [0.25, 0.3) is 0 Å². The van der Waals surface area contributed by atoms with Gasteiger partial charge in [-0.1, -0.05) is 139 Å². The first-order valence-corrected chi connectivity index (χ1v) is 18.7. The minimum absolute atomic E-state index is 0.140. The van der Waals surface area contributed by atoms with E-state index in [1.165, 1.54) is 70.6 Å². The van der Waals surface area contributed by atoms with Crippen LogP contribution in [0, 0.1) is 0 Å². The van der Waals surface area contributed by atoms with Gasteiger partial charge in [0.2, 0.25) is 0 Å². The molecule has 0 aliphatic rings. The topological polar surface area (TPSA) is 93.1 Å². The molecule has 0 aromatic carbocycles. The molecule has 0 aromatic rings. The summed E-state index contributed by atoms with van der Waals surface area (Å²) in [7, 11) is 0. The quantitative estimate of drug-likeness (QED) is 0.0419. The lowest BCUT2D eigenvalue weighted by atomic mass is 10.0. The summed E-state index contributed by atoms with van der Waals surface area (Å²) in [6, 6.07) is 0.